The predicted molar refractivity (Wildman–Crippen MR) is 97.1 cm³/mol. The molecule has 1 aliphatic heterocycles. The summed E-state index contributed by atoms with van der Waals surface area (Å²) in [6.45, 7) is 6.22. The molecule has 29 heavy (non-hydrogen) atoms. The number of carbonyl (C=O) groups excluding carboxylic acids is 5. The van der Waals surface area contributed by atoms with Crippen molar-refractivity contribution in [2.75, 3.05) is 6.61 Å². The second kappa shape index (κ2) is 11.3. The third-order valence-electron chi connectivity index (χ3n) is 3.90. The highest BCUT2D eigenvalue weighted by Crippen LogP contribution is 2.26. The lowest BCUT2D eigenvalue weighted by molar-refractivity contribution is -0.228. The average molecular weight is 416 g/mol. The predicted octanol–water partition coefficient (Wildman–Crippen LogP) is -0.441. The molecule has 0 aromatic carbocycles. The summed E-state index contributed by atoms with van der Waals surface area (Å²) in [4.78, 5) is 58.4. The van der Waals surface area contributed by atoms with Gasteiger partial charge in [0.1, 0.15) is 18.8 Å². The lowest BCUT2D eigenvalue weighted by Crippen LogP contribution is -2.69. The van der Waals surface area contributed by atoms with Gasteiger partial charge in [0.15, 0.2) is 18.4 Å². The fraction of sp³-hybridized carbons (Fsp3) is 0.722. The van der Waals surface area contributed by atoms with Gasteiger partial charge in [-0.3, -0.25) is 24.0 Å². The number of nitrogens with one attached hydrogen (secondary N) is 2. The monoisotopic (exact) mass is 416 g/mol. The van der Waals surface area contributed by atoms with E-state index in [9.17, 15) is 24.0 Å². The van der Waals surface area contributed by atoms with Crippen LogP contribution in [-0.2, 0) is 42.9 Å². The van der Waals surface area contributed by atoms with Crippen LogP contribution < -0.4 is 10.6 Å². The molecule has 2 N–H and O–H groups in total. The molecule has 1 aliphatic rings. The normalized spacial score (nSPS) is 26.0. The zero-order valence-electron chi connectivity index (χ0n) is 17.2. The number of carbonyl (C=O) groups is 5. The van der Waals surface area contributed by atoms with Gasteiger partial charge < -0.3 is 29.6 Å². The standard InChI is InChI=1S/C18H28N2O9/c1-6-7-14(25)20-18-15(19-9(2)21)17(28-12(5)24)16(27-11(4)23)13(29-18)8-26-10(3)22/h13,15-18H,6-8H2,1-5H3,(H,19,21)(H,20,25). The lowest BCUT2D eigenvalue weighted by atomic mass is 9.95. The average Bonchev–Trinajstić information content (AvgIpc) is 2.57. The van der Waals surface area contributed by atoms with Crippen LogP contribution in [0.3, 0.4) is 0 Å². The molecule has 11 heteroatoms. The van der Waals surface area contributed by atoms with E-state index in [4.69, 9.17) is 18.9 Å². The Bertz CT molecular complexity index is 637. The van der Waals surface area contributed by atoms with E-state index in [1.807, 2.05) is 6.92 Å². The minimum atomic E-state index is -1.19. The second-order valence-corrected chi connectivity index (χ2v) is 6.59. The number of rotatable bonds is 8. The zero-order chi connectivity index (χ0) is 22.1. The van der Waals surface area contributed by atoms with Crippen LogP contribution in [0.2, 0.25) is 0 Å². The van der Waals surface area contributed by atoms with Gasteiger partial charge in [0.25, 0.3) is 0 Å². The first kappa shape index (κ1) is 24.3. The minimum absolute atomic E-state index is 0.201. The number of amides is 2. The van der Waals surface area contributed by atoms with Gasteiger partial charge in [-0.1, -0.05) is 6.92 Å². The van der Waals surface area contributed by atoms with Crippen LogP contribution in [0.25, 0.3) is 0 Å². The highest BCUT2D eigenvalue weighted by molar-refractivity contribution is 5.77. The lowest BCUT2D eigenvalue weighted by Gasteiger charge is -2.45. The summed E-state index contributed by atoms with van der Waals surface area (Å²) >= 11 is 0. The highest BCUT2D eigenvalue weighted by Gasteiger charge is 2.51. The van der Waals surface area contributed by atoms with Crippen LogP contribution in [0, 0.1) is 0 Å². The fourth-order valence-corrected chi connectivity index (χ4v) is 2.91. The number of esters is 3. The molecule has 0 radical (unpaired) electrons. The molecule has 0 aromatic rings. The highest BCUT2D eigenvalue weighted by atomic mass is 16.6. The van der Waals surface area contributed by atoms with E-state index >= 15 is 0 Å². The molecule has 5 unspecified atom stereocenters. The quantitative estimate of drug-likeness (QED) is 0.397. The summed E-state index contributed by atoms with van der Waals surface area (Å²) in [6, 6.07) is -1.05. The molecule has 1 saturated heterocycles. The second-order valence-electron chi connectivity index (χ2n) is 6.59. The Morgan fingerprint density at radius 3 is 1.93 bits per heavy atom. The Labute approximate surface area is 168 Å². The van der Waals surface area contributed by atoms with Crippen LogP contribution >= 0.6 is 0 Å². The van der Waals surface area contributed by atoms with Crippen LogP contribution in [0.15, 0.2) is 0 Å². The molecule has 0 aliphatic carbocycles. The number of ether oxygens (including phenoxy) is 4. The van der Waals surface area contributed by atoms with E-state index in [1.54, 1.807) is 0 Å². The van der Waals surface area contributed by atoms with Gasteiger partial charge in [0, 0.05) is 34.1 Å². The maximum absolute atomic E-state index is 12.1. The Balaban J connectivity index is 3.29. The van der Waals surface area contributed by atoms with E-state index in [2.05, 4.69) is 10.6 Å². The molecular formula is C18H28N2O9. The van der Waals surface area contributed by atoms with Crippen LogP contribution in [0.4, 0.5) is 0 Å². The SMILES string of the molecule is CCCC(=O)NC1OC(COC(C)=O)C(OC(C)=O)C(OC(C)=O)C1NC(C)=O. The molecule has 2 amide bonds. The van der Waals surface area contributed by atoms with Crippen LogP contribution in [-0.4, -0.2) is 66.9 Å². The van der Waals surface area contributed by atoms with Crippen molar-refractivity contribution in [2.45, 2.75) is 78.0 Å². The van der Waals surface area contributed by atoms with Crippen molar-refractivity contribution in [1.29, 1.82) is 0 Å². The van der Waals surface area contributed by atoms with E-state index in [0.717, 1.165) is 13.8 Å². The molecule has 0 spiro atoms. The van der Waals surface area contributed by atoms with Gasteiger partial charge in [0.05, 0.1) is 0 Å². The van der Waals surface area contributed by atoms with E-state index in [0.29, 0.717) is 6.42 Å². The first-order chi connectivity index (χ1) is 13.5. The first-order valence-corrected chi connectivity index (χ1v) is 9.24. The van der Waals surface area contributed by atoms with Crippen molar-refractivity contribution >= 4 is 29.7 Å². The molecule has 0 saturated carbocycles. The molecule has 5 atom stereocenters. The fourth-order valence-electron chi connectivity index (χ4n) is 2.91. The molecule has 1 fully saturated rings. The maximum atomic E-state index is 12.1. The van der Waals surface area contributed by atoms with Crippen molar-refractivity contribution in [1.82, 2.24) is 10.6 Å². The summed E-state index contributed by atoms with van der Waals surface area (Å²) in [5, 5.41) is 5.19. The third-order valence-corrected chi connectivity index (χ3v) is 3.90. The number of hydrogen-bond acceptors (Lipinski definition) is 9. The Morgan fingerprint density at radius 2 is 1.45 bits per heavy atom. The number of hydrogen-bond donors (Lipinski definition) is 2. The van der Waals surface area contributed by atoms with E-state index < -0.39 is 54.4 Å². The van der Waals surface area contributed by atoms with Gasteiger partial charge in [0.2, 0.25) is 11.8 Å². The van der Waals surface area contributed by atoms with Crippen LogP contribution in [0.1, 0.15) is 47.5 Å². The van der Waals surface area contributed by atoms with Gasteiger partial charge in [-0.05, 0) is 6.42 Å². The molecule has 1 rings (SSSR count). The maximum Gasteiger partial charge on any atom is 0.303 e. The summed E-state index contributed by atoms with van der Waals surface area (Å²) < 4.78 is 21.4. The Kier molecular flexibility index (Phi) is 9.53. The molecule has 1 heterocycles. The summed E-state index contributed by atoms with van der Waals surface area (Å²) in [7, 11) is 0. The summed E-state index contributed by atoms with van der Waals surface area (Å²) in [5.41, 5.74) is 0. The molecule has 11 nitrogen and oxygen atoms in total. The summed E-state index contributed by atoms with van der Waals surface area (Å²) in [6.07, 6.45) is -3.77. The van der Waals surface area contributed by atoms with Crippen molar-refractivity contribution in [3.8, 4) is 0 Å². The van der Waals surface area contributed by atoms with Gasteiger partial charge in [-0.15, -0.1) is 0 Å². The van der Waals surface area contributed by atoms with Crippen molar-refractivity contribution < 1.29 is 42.9 Å². The summed E-state index contributed by atoms with van der Waals surface area (Å²) in [5.74, 6) is -2.83. The topological polar surface area (TPSA) is 146 Å². The molecule has 164 valence electrons. The van der Waals surface area contributed by atoms with E-state index in [-0.39, 0.29) is 18.9 Å². The largest absolute Gasteiger partial charge is 0.463 e. The smallest absolute Gasteiger partial charge is 0.303 e. The Hall–Kier alpha value is -2.69. The van der Waals surface area contributed by atoms with Gasteiger partial charge in [-0.25, -0.2) is 0 Å². The third kappa shape index (κ3) is 8.06. The minimum Gasteiger partial charge on any atom is -0.463 e. The van der Waals surface area contributed by atoms with Crippen molar-refractivity contribution in [3.63, 3.8) is 0 Å². The molecule has 0 aromatic heterocycles. The molecular weight excluding hydrogens is 388 g/mol. The van der Waals surface area contributed by atoms with Crippen molar-refractivity contribution in [2.24, 2.45) is 0 Å². The van der Waals surface area contributed by atoms with Gasteiger partial charge in [-0.2, -0.15) is 0 Å². The zero-order valence-corrected chi connectivity index (χ0v) is 17.2. The Morgan fingerprint density at radius 1 is 0.862 bits per heavy atom. The van der Waals surface area contributed by atoms with Crippen LogP contribution in [0.5, 0.6) is 0 Å². The van der Waals surface area contributed by atoms with E-state index in [1.165, 1.54) is 13.8 Å². The van der Waals surface area contributed by atoms with Gasteiger partial charge >= 0.3 is 17.9 Å². The first-order valence-electron chi connectivity index (χ1n) is 9.24. The van der Waals surface area contributed by atoms with Crippen molar-refractivity contribution in [3.05, 3.63) is 0 Å². The molecule has 0 bridgehead atoms.